The van der Waals surface area contributed by atoms with Gasteiger partial charge in [0, 0.05) is 37.8 Å². The smallest absolute Gasteiger partial charge is 0.226 e. The normalized spacial score (nSPS) is 30.1. The Labute approximate surface area is 139 Å². The van der Waals surface area contributed by atoms with Crippen molar-refractivity contribution < 1.29 is 4.79 Å². The van der Waals surface area contributed by atoms with E-state index in [1.165, 1.54) is 42.5 Å². The number of piperazine rings is 1. The molecule has 2 saturated carbocycles. The topological polar surface area (TPSA) is 23.6 Å². The number of benzene rings is 1. The van der Waals surface area contributed by atoms with Crippen molar-refractivity contribution in [2.45, 2.75) is 39.5 Å². The van der Waals surface area contributed by atoms with E-state index in [0.717, 1.165) is 32.1 Å². The highest BCUT2D eigenvalue weighted by molar-refractivity contribution is 5.80. The first-order chi connectivity index (χ1) is 11.1. The molecule has 1 aliphatic heterocycles. The molecule has 3 aliphatic rings. The van der Waals surface area contributed by atoms with Crippen LogP contribution in [-0.2, 0) is 4.79 Å². The maximum atomic E-state index is 12.9. The minimum atomic E-state index is 0.348. The maximum absolute atomic E-state index is 12.9. The van der Waals surface area contributed by atoms with Gasteiger partial charge in [0.25, 0.3) is 0 Å². The third-order valence-electron chi connectivity index (χ3n) is 6.56. The first kappa shape index (κ1) is 15.0. The molecule has 3 heteroatoms. The Kier molecular flexibility index (Phi) is 3.82. The molecule has 0 aromatic heterocycles. The lowest BCUT2D eigenvalue weighted by molar-refractivity contribution is -0.137. The molecule has 23 heavy (non-hydrogen) atoms. The van der Waals surface area contributed by atoms with Gasteiger partial charge in [-0.15, -0.1) is 0 Å². The lowest BCUT2D eigenvalue weighted by Gasteiger charge is -2.39. The second-order valence-corrected chi connectivity index (χ2v) is 7.81. The van der Waals surface area contributed by atoms with E-state index in [1.807, 2.05) is 0 Å². The number of anilines is 1. The third kappa shape index (κ3) is 2.64. The minimum Gasteiger partial charge on any atom is -0.368 e. The van der Waals surface area contributed by atoms with E-state index < -0.39 is 0 Å². The van der Waals surface area contributed by atoms with Crippen LogP contribution in [0.1, 0.15) is 36.8 Å². The van der Waals surface area contributed by atoms with Crippen molar-refractivity contribution in [3.63, 3.8) is 0 Å². The number of nitrogens with zero attached hydrogens (tertiary/aromatic N) is 2. The van der Waals surface area contributed by atoms with Gasteiger partial charge in [-0.1, -0.05) is 18.6 Å². The highest BCUT2D eigenvalue weighted by Crippen LogP contribution is 2.48. The summed E-state index contributed by atoms with van der Waals surface area (Å²) in [6, 6.07) is 6.54. The van der Waals surface area contributed by atoms with Crippen LogP contribution in [0.3, 0.4) is 0 Å². The van der Waals surface area contributed by atoms with Crippen molar-refractivity contribution >= 4 is 11.6 Å². The van der Waals surface area contributed by atoms with Crippen LogP contribution < -0.4 is 4.90 Å². The first-order valence-corrected chi connectivity index (χ1v) is 9.23. The molecule has 3 fully saturated rings. The number of carbonyl (C=O) groups is 1. The van der Waals surface area contributed by atoms with Gasteiger partial charge in [-0.3, -0.25) is 4.79 Å². The van der Waals surface area contributed by atoms with Crippen molar-refractivity contribution in [2.24, 2.45) is 17.8 Å². The Morgan fingerprint density at radius 1 is 1.04 bits per heavy atom. The predicted molar refractivity (Wildman–Crippen MR) is 93.6 cm³/mol. The molecule has 1 aromatic carbocycles. The van der Waals surface area contributed by atoms with Crippen molar-refractivity contribution in [1.82, 2.24) is 4.90 Å². The number of fused-ring (bicyclic) bond motifs is 2. The molecule has 1 saturated heterocycles. The molecule has 124 valence electrons. The van der Waals surface area contributed by atoms with E-state index in [4.69, 9.17) is 0 Å². The monoisotopic (exact) mass is 312 g/mol. The van der Waals surface area contributed by atoms with E-state index in [0.29, 0.717) is 17.7 Å². The van der Waals surface area contributed by atoms with Crippen LogP contribution in [0.15, 0.2) is 18.2 Å². The van der Waals surface area contributed by atoms with Gasteiger partial charge in [0.1, 0.15) is 0 Å². The molecule has 3 nitrogen and oxygen atoms in total. The molecule has 4 rings (SSSR count). The second-order valence-electron chi connectivity index (χ2n) is 7.81. The largest absolute Gasteiger partial charge is 0.368 e. The van der Waals surface area contributed by atoms with E-state index >= 15 is 0 Å². The summed E-state index contributed by atoms with van der Waals surface area (Å²) in [5.41, 5.74) is 4.07. The highest BCUT2D eigenvalue weighted by atomic mass is 16.2. The van der Waals surface area contributed by atoms with Gasteiger partial charge >= 0.3 is 0 Å². The summed E-state index contributed by atoms with van der Waals surface area (Å²) in [6.45, 7) is 8.10. The molecule has 2 bridgehead atoms. The summed E-state index contributed by atoms with van der Waals surface area (Å²) in [4.78, 5) is 17.5. The van der Waals surface area contributed by atoms with E-state index in [-0.39, 0.29) is 0 Å². The summed E-state index contributed by atoms with van der Waals surface area (Å²) >= 11 is 0. The summed E-state index contributed by atoms with van der Waals surface area (Å²) in [7, 11) is 0. The molecule has 2 aliphatic carbocycles. The van der Waals surface area contributed by atoms with Crippen LogP contribution in [0.5, 0.6) is 0 Å². The van der Waals surface area contributed by atoms with Crippen molar-refractivity contribution in [2.75, 3.05) is 31.1 Å². The van der Waals surface area contributed by atoms with Crippen LogP contribution in [-0.4, -0.2) is 37.0 Å². The summed E-state index contributed by atoms with van der Waals surface area (Å²) in [5.74, 6) is 2.36. The quantitative estimate of drug-likeness (QED) is 0.836. The summed E-state index contributed by atoms with van der Waals surface area (Å²) in [6.07, 6.45) is 5.15. The molecular weight excluding hydrogens is 284 g/mol. The summed E-state index contributed by atoms with van der Waals surface area (Å²) in [5, 5.41) is 0. The Balaban J connectivity index is 1.39. The van der Waals surface area contributed by atoms with Crippen LogP contribution in [0.2, 0.25) is 0 Å². The SMILES string of the molecule is Cc1cccc(N2CCN(C(=O)[C@@H]3C[C@@H]4CC[C@H]3C4)CC2)c1C. The Hall–Kier alpha value is -1.51. The molecule has 1 heterocycles. The molecular formula is C20H28N2O. The number of hydrogen-bond acceptors (Lipinski definition) is 2. The number of carbonyl (C=O) groups excluding carboxylic acids is 1. The van der Waals surface area contributed by atoms with Crippen molar-refractivity contribution in [3.8, 4) is 0 Å². The fraction of sp³-hybridized carbons (Fsp3) is 0.650. The van der Waals surface area contributed by atoms with Gasteiger partial charge in [0.05, 0.1) is 0 Å². The average Bonchev–Trinajstić information content (AvgIpc) is 3.20. The zero-order valence-electron chi connectivity index (χ0n) is 14.4. The molecule has 0 N–H and O–H groups in total. The first-order valence-electron chi connectivity index (χ1n) is 9.23. The van der Waals surface area contributed by atoms with Gasteiger partial charge in [0.2, 0.25) is 5.91 Å². The van der Waals surface area contributed by atoms with Gasteiger partial charge < -0.3 is 9.80 Å². The molecule has 1 amide bonds. The highest BCUT2D eigenvalue weighted by Gasteiger charge is 2.44. The van der Waals surface area contributed by atoms with E-state index in [2.05, 4.69) is 41.8 Å². The number of amides is 1. The maximum Gasteiger partial charge on any atom is 0.226 e. The Morgan fingerprint density at radius 3 is 2.48 bits per heavy atom. The summed E-state index contributed by atoms with van der Waals surface area (Å²) < 4.78 is 0. The number of rotatable bonds is 2. The predicted octanol–water partition coefficient (Wildman–Crippen LogP) is 3.39. The fourth-order valence-corrected chi connectivity index (χ4v) is 5.03. The van der Waals surface area contributed by atoms with Crippen molar-refractivity contribution in [3.05, 3.63) is 29.3 Å². The van der Waals surface area contributed by atoms with Crippen molar-refractivity contribution in [1.29, 1.82) is 0 Å². The van der Waals surface area contributed by atoms with Crippen LogP contribution in [0.4, 0.5) is 5.69 Å². The minimum absolute atomic E-state index is 0.348. The van der Waals surface area contributed by atoms with Crippen LogP contribution >= 0.6 is 0 Å². The third-order valence-corrected chi connectivity index (χ3v) is 6.56. The number of aryl methyl sites for hydroxylation is 1. The van der Waals surface area contributed by atoms with Gasteiger partial charge in [-0.2, -0.15) is 0 Å². The van der Waals surface area contributed by atoms with Gasteiger partial charge in [-0.25, -0.2) is 0 Å². The van der Waals surface area contributed by atoms with Gasteiger partial charge in [-0.05, 0) is 62.1 Å². The lowest BCUT2D eigenvalue weighted by atomic mass is 9.87. The molecule has 1 aromatic rings. The second kappa shape index (κ2) is 5.85. The average molecular weight is 312 g/mol. The zero-order valence-corrected chi connectivity index (χ0v) is 14.4. The molecule has 0 spiro atoms. The standard InChI is InChI=1S/C20H28N2O/c1-14-4-3-5-19(15(14)2)21-8-10-22(11-9-21)20(23)18-13-16-6-7-17(18)12-16/h3-5,16-18H,6-13H2,1-2H3/t16-,17+,18-/m1/s1. The molecule has 0 radical (unpaired) electrons. The van der Waals surface area contributed by atoms with E-state index in [9.17, 15) is 4.79 Å². The lowest BCUT2D eigenvalue weighted by Crippen LogP contribution is -2.51. The molecule has 0 unspecified atom stereocenters. The van der Waals surface area contributed by atoms with Crippen LogP contribution in [0, 0.1) is 31.6 Å². The number of hydrogen-bond donors (Lipinski definition) is 0. The van der Waals surface area contributed by atoms with Gasteiger partial charge in [0.15, 0.2) is 0 Å². The van der Waals surface area contributed by atoms with E-state index in [1.54, 1.807) is 0 Å². The fourth-order valence-electron chi connectivity index (χ4n) is 5.03. The van der Waals surface area contributed by atoms with Crippen LogP contribution in [0.25, 0.3) is 0 Å². The molecule has 3 atom stereocenters. The zero-order chi connectivity index (χ0) is 16.0. The Bertz CT molecular complexity index is 604. The Morgan fingerprint density at radius 2 is 1.83 bits per heavy atom.